The minimum atomic E-state index is -0.160. The van der Waals surface area contributed by atoms with E-state index in [0.29, 0.717) is 13.2 Å². The molecule has 29 heavy (non-hydrogen) atoms. The van der Waals surface area contributed by atoms with Crippen molar-refractivity contribution in [2.45, 2.75) is 27.7 Å². The first-order valence-electron chi connectivity index (χ1n) is 9.74. The molecule has 156 valence electrons. The van der Waals surface area contributed by atoms with Gasteiger partial charge in [-0.2, -0.15) is 0 Å². The lowest BCUT2D eigenvalue weighted by atomic mass is 10.1. The maximum absolute atomic E-state index is 12.6. The summed E-state index contributed by atoms with van der Waals surface area (Å²) in [6, 6.07) is 11.7. The predicted molar refractivity (Wildman–Crippen MR) is 117 cm³/mol. The van der Waals surface area contributed by atoms with Crippen molar-refractivity contribution < 1.29 is 14.3 Å². The molecule has 0 aromatic heterocycles. The van der Waals surface area contributed by atoms with E-state index in [1.807, 2.05) is 64.1 Å². The summed E-state index contributed by atoms with van der Waals surface area (Å²) in [6.45, 7) is 9.10. The molecule has 0 aliphatic rings. The lowest BCUT2D eigenvalue weighted by molar-refractivity contribution is -0.120. The fraction of sp³-hybridized carbons (Fsp3) is 0.391. The molecule has 0 unspecified atom stereocenters. The Balaban J connectivity index is 1.99. The van der Waals surface area contributed by atoms with E-state index >= 15 is 0 Å². The monoisotopic (exact) mass is 397 g/mol. The van der Waals surface area contributed by atoms with Crippen molar-refractivity contribution >= 4 is 23.2 Å². The molecular formula is C23H31N3O3. The van der Waals surface area contributed by atoms with Gasteiger partial charge in [0.1, 0.15) is 0 Å². The number of aryl methyl sites for hydroxylation is 3. The van der Waals surface area contributed by atoms with Gasteiger partial charge in [-0.15, -0.1) is 0 Å². The van der Waals surface area contributed by atoms with Crippen LogP contribution in [0.15, 0.2) is 36.4 Å². The van der Waals surface area contributed by atoms with Gasteiger partial charge in [-0.1, -0.05) is 29.8 Å². The SMILES string of the molecule is COCCN(CC(=O)Nc1ccc(C)cc1C)CC(=O)Nc1cccc(C)c1C. The van der Waals surface area contributed by atoms with E-state index < -0.39 is 0 Å². The number of carbonyl (C=O) groups excluding carboxylic acids is 2. The highest BCUT2D eigenvalue weighted by molar-refractivity contribution is 5.95. The number of nitrogens with one attached hydrogen (secondary N) is 2. The van der Waals surface area contributed by atoms with E-state index in [9.17, 15) is 9.59 Å². The minimum absolute atomic E-state index is 0.108. The molecule has 0 fully saturated rings. The summed E-state index contributed by atoms with van der Waals surface area (Å²) < 4.78 is 5.13. The molecule has 0 aliphatic carbocycles. The molecule has 0 atom stereocenters. The van der Waals surface area contributed by atoms with Crippen LogP contribution in [0.3, 0.4) is 0 Å². The summed E-state index contributed by atoms with van der Waals surface area (Å²) in [4.78, 5) is 26.9. The van der Waals surface area contributed by atoms with Gasteiger partial charge >= 0.3 is 0 Å². The summed E-state index contributed by atoms with van der Waals surface area (Å²) in [5.41, 5.74) is 5.89. The molecule has 2 amide bonds. The van der Waals surface area contributed by atoms with Crippen molar-refractivity contribution in [2.75, 3.05) is 44.0 Å². The summed E-state index contributed by atoms with van der Waals surface area (Å²) in [5, 5.41) is 5.87. The van der Waals surface area contributed by atoms with Crippen molar-refractivity contribution in [1.29, 1.82) is 0 Å². The van der Waals surface area contributed by atoms with Crippen molar-refractivity contribution in [3.63, 3.8) is 0 Å². The van der Waals surface area contributed by atoms with Crippen LogP contribution < -0.4 is 10.6 Å². The van der Waals surface area contributed by atoms with E-state index in [1.165, 1.54) is 0 Å². The van der Waals surface area contributed by atoms with Crippen LogP contribution in [0.1, 0.15) is 22.3 Å². The highest BCUT2D eigenvalue weighted by atomic mass is 16.5. The van der Waals surface area contributed by atoms with E-state index in [1.54, 1.807) is 12.0 Å². The largest absolute Gasteiger partial charge is 0.383 e. The maximum Gasteiger partial charge on any atom is 0.238 e. The fourth-order valence-electron chi connectivity index (χ4n) is 3.06. The van der Waals surface area contributed by atoms with Gasteiger partial charge in [0.25, 0.3) is 0 Å². The number of hydrogen-bond donors (Lipinski definition) is 2. The van der Waals surface area contributed by atoms with Crippen molar-refractivity contribution in [2.24, 2.45) is 0 Å². The van der Waals surface area contributed by atoms with Crippen LogP contribution in [0, 0.1) is 27.7 Å². The fourth-order valence-corrected chi connectivity index (χ4v) is 3.06. The number of carbonyl (C=O) groups is 2. The second-order valence-electron chi connectivity index (χ2n) is 7.37. The molecular weight excluding hydrogens is 366 g/mol. The quantitative estimate of drug-likeness (QED) is 0.680. The Kier molecular flexibility index (Phi) is 8.36. The van der Waals surface area contributed by atoms with Crippen molar-refractivity contribution in [3.05, 3.63) is 58.7 Å². The lowest BCUT2D eigenvalue weighted by Crippen LogP contribution is -2.40. The average Bonchev–Trinajstić information content (AvgIpc) is 2.65. The van der Waals surface area contributed by atoms with E-state index in [-0.39, 0.29) is 24.9 Å². The molecule has 0 bridgehead atoms. The Hall–Kier alpha value is -2.70. The van der Waals surface area contributed by atoms with Crippen LogP contribution in [-0.2, 0) is 14.3 Å². The van der Waals surface area contributed by atoms with Crippen LogP contribution >= 0.6 is 0 Å². The van der Waals surface area contributed by atoms with Gasteiger partial charge in [0.2, 0.25) is 11.8 Å². The van der Waals surface area contributed by atoms with Crippen molar-refractivity contribution in [1.82, 2.24) is 4.90 Å². The normalized spacial score (nSPS) is 10.8. The number of nitrogens with zero attached hydrogens (tertiary/aromatic N) is 1. The molecule has 0 radical (unpaired) electrons. The lowest BCUT2D eigenvalue weighted by Gasteiger charge is -2.21. The van der Waals surface area contributed by atoms with Gasteiger partial charge < -0.3 is 15.4 Å². The molecule has 0 spiro atoms. The van der Waals surface area contributed by atoms with Gasteiger partial charge in [0, 0.05) is 25.0 Å². The first kappa shape index (κ1) is 22.6. The first-order valence-corrected chi connectivity index (χ1v) is 9.74. The zero-order chi connectivity index (χ0) is 21.4. The smallest absolute Gasteiger partial charge is 0.238 e. The molecule has 2 aromatic carbocycles. The molecule has 2 N–H and O–H groups in total. The number of benzene rings is 2. The van der Waals surface area contributed by atoms with E-state index in [0.717, 1.165) is 33.6 Å². The maximum atomic E-state index is 12.6. The van der Waals surface area contributed by atoms with Crippen LogP contribution in [0.5, 0.6) is 0 Å². The van der Waals surface area contributed by atoms with Gasteiger partial charge in [-0.3, -0.25) is 14.5 Å². The molecule has 6 nitrogen and oxygen atoms in total. The molecule has 2 rings (SSSR count). The topological polar surface area (TPSA) is 70.7 Å². The van der Waals surface area contributed by atoms with Crippen LogP contribution in [-0.4, -0.2) is 50.1 Å². The van der Waals surface area contributed by atoms with Crippen LogP contribution in [0.4, 0.5) is 11.4 Å². The summed E-state index contributed by atoms with van der Waals surface area (Å²) >= 11 is 0. The van der Waals surface area contributed by atoms with Crippen LogP contribution in [0.2, 0.25) is 0 Å². The third kappa shape index (κ3) is 7.00. The minimum Gasteiger partial charge on any atom is -0.383 e. The zero-order valence-corrected chi connectivity index (χ0v) is 18.0. The summed E-state index contributed by atoms with van der Waals surface area (Å²) in [6.07, 6.45) is 0. The second-order valence-corrected chi connectivity index (χ2v) is 7.37. The van der Waals surface area contributed by atoms with Gasteiger partial charge in [-0.25, -0.2) is 0 Å². The summed E-state index contributed by atoms with van der Waals surface area (Å²) in [5.74, 6) is -0.318. The van der Waals surface area contributed by atoms with Gasteiger partial charge in [-0.05, 0) is 56.5 Å². The van der Waals surface area contributed by atoms with Gasteiger partial charge in [0.15, 0.2) is 0 Å². The number of anilines is 2. The number of amides is 2. The zero-order valence-electron chi connectivity index (χ0n) is 18.0. The highest BCUT2D eigenvalue weighted by Crippen LogP contribution is 2.18. The molecule has 2 aromatic rings. The first-order chi connectivity index (χ1) is 13.8. The number of methoxy groups -OCH3 is 1. The second kappa shape index (κ2) is 10.7. The Morgan fingerprint density at radius 1 is 0.897 bits per heavy atom. The third-order valence-corrected chi connectivity index (χ3v) is 4.88. The Morgan fingerprint density at radius 3 is 2.17 bits per heavy atom. The standard InChI is InChI=1S/C23H31N3O3/c1-16-9-10-20(18(3)13-16)24-22(27)14-26(11-12-29-5)15-23(28)25-21-8-6-7-17(2)19(21)4/h6-10,13H,11-12,14-15H2,1-5H3,(H,24,27)(H,25,28). The van der Waals surface area contributed by atoms with Crippen molar-refractivity contribution in [3.8, 4) is 0 Å². The molecule has 0 saturated heterocycles. The number of hydrogen-bond acceptors (Lipinski definition) is 4. The Morgan fingerprint density at radius 2 is 1.55 bits per heavy atom. The molecule has 0 aliphatic heterocycles. The third-order valence-electron chi connectivity index (χ3n) is 4.88. The van der Waals surface area contributed by atoms with Gasteiger partial charge in [0.05, 0.1) is 19.7 Å². The van der Waals surface area contributed by atoms with E-state index in [4.69, 9.17) is 4.74 Å². The van der Waals surface area contributed by atoms with Crippen LogP contribution in [0.25, 0.3) is 0 Å². The molecule has 6 heteroatoms. The average molecular weight is 398 g/mol. The highest BCUT2D eigenvalue weighted by Gasteiger charge is 2.16. The molecule has 0 saturated carbocycles. The number of rotatable bonds is 9. The Labute approximate surface area is 173 Å². The predicted octanol–water partition coefficient (Wildman–Crippen LogP) is 3.45. The van der Waals surface area contributed by atoms with E-state index in [2.05, 4.69) is 10.6 Å². The Bertz CT molecular complexity index is 864. The summed E-state index contributed by atoms with van der Waals surface area (Å²) in [7, 11) is 1.60. The molecule has 0 heterocycles. The number of ether oxygens (including phenoxy) is 1.